The van der Waals surface area contributed by atoms with Crippen LogP contribution in [0.2, 0.25) is 0 Å². The maximum atomic E-state index is 8.89. The van der Waals surface area contributed by atoms with Gasteiger partial charge in [0.05, 0.1) is 4.88 Å². The van der Waals surface area contributed by atoms with Crippen LogP contribution in [0.5, 0.6) is 0 Å². The standard InChI is InChI=1S/C15H17N3O2S/c1-2-19-15(8-4-3-5-9-15)14-17-13(20-18-14)12-7-6-11(10-16)21-12/h6-7H,2-5,8-9H2,1H3. The third-order valence-corrected chi connectivity index (χ3v) is 4.82. The van der Waals surface area contributed by atoms with E-state index in [2.05, 4.69) is 16.2 Å². The van der Waals surface area contributed by atoms with Crippen molar-refractivity contribution in [2.75, 3.05) is 6.61 Å². The predicted molar refractivity (Wildman–Crippen MR) is 78.7 cm³/mol. The zero-order valence-corrected chi connectivity index (χ0v) is 12.8. The summed E-state index contributed by atoms with van der Waals surface area (Å²) in [6, 6.07) is 5.73. The SMILES string of the molecule is CCOC1(c2noc(-c3ccc(C#N)s3)n2)CCCCC1. The molecule has 0 spiro atoms. The molecule has 6 heteroatoms. The van der Waals surface area contributed by atoms with E-state index in [1.807, 2.05) is 13.0 Å². The van der Waals surface area contributed by atoms with E-state index in [-0.39, 0.29) is 0 Å². The van der Waals surface area contributed by atoms with Gasteiger partial charge >= 0.3 is 0 Å². The Bertz CT molecular complexity index is 644. The van der Waals surface area contributed by atoms with Crippen molar-refractivity contribution in [2.24, 2.45) is 0 Å². The minimum atomic E-state index is -0.399. The van der Waals surface area contributed by atoms with Crippen molar-refractivity contribution in [1.29, 1.82) is 5.26 Å². The molecular weight excluding hydrogens is 286 g/mol. The quantitative estimate of drug-likeness (QED) is 0.857. The molecule has 2 aromatic rings. The van der Waals surface area contributed by atoms with Crippen molar-refractivity contribution in [3.05, 3.63) is 22.8 Å². The van der Waals surface area contributed by atoms with Gasteiger partial charge in [0.25, 0.3) is 5.89 Å². The number of ether oxygens (including phenoxy) is 1. The van der Waals surface area contributed by atoms with E-state index in [0.717, 1.165) is 30.6 Å². The van der Waals surface area contributed by atoms with E-state index >= 15 is 0 Å². The summed E-state index contributed by atoms with van der Waals surface area (Å²) in [6.45, 7) is 2.64. The van der Waals surface area contributed by atoms with Gasteiger partial charge in [-0.3, -0.25) is 0 Å². The van der Waals surface area contributed by atoms with Crippen LogP contribution in [0.15, 0.2) is 16.7 Å². The highest BCUT2D eigenvalue weighted by Crippen LogP contribution is 2.40. The van der Waals surface area contributed by atoms with E-state index in [4.69, 9.17) is 14.5 Å². The predicted octanol–water partition coefficient (Wildman–Crippen LogP) is 3.87. The van der Waals surface area contributed by atoms with Gasteiger partial charge in [0.2, 0.25) is 5.82 Å². The molecule has 1 aliphatic carbocycles. The molecule has 21 heavy (non-hydrogen) atoms. The van der Waals surface area contributed by atoms with Crippen LogP contribution >= 0.6 is 11.3 Å². The topological polar surface area (TPSA) is 71.9 Å². The second-order valence-electron chi connectivity index (χ2n) is 5.19. The number of hydrogen-bond acceptors (Lipinski definition) is 6. The van der Waals surface area contributed by atoms with Crippen molar-refractivity contribution in [1.82, 2.24) is 10.1 Å². The number of rotatable bonds is 4. The molecule has 0 unspecified atom stereocenters. The van der Waals surface area contributed by atoms with Crippen molar-refractivity contribution >= 4 is 11.3 Å². The normalized spacial score (nSPS) is 17.5. The first-order valence-corrected chi connectivity index (χ1v) is 8.07. The summed E-state index contributed by atoms with van der Waals surface area (Å²) in [7, 11) is 0. The Hall–Kier alpha value is -1.71. The molecule has 0 bridgehead atoms. The molecule has 110 valence electrons. The summed E-state index contributed by atoms with van der Waals surface area (Å²) >= 11 is 1.36. The van der Waals surface area contributed by atoms with Gasteiger partial charge in [-0.25, -0.2) is 0 Å². The Morgan fingerprint density at radius 2 is 2.19 bits per heavy atom. The Morgan fingerprint density at radius 3 is 2.86 bits per heavy atom. The van der Waals surface area contributed by atoms with E-state index in [1.165, 1.54) is 17.8 Å². The van der Waals surface area contributed by atoms with Gasteiger partial charge in [0.1, 0.15) is 16.5 Å². The average molecular weight is 303 g/mol. The molecule has 0 atom stereocenters. The number of aromatic nitrogens is 2. The van der Waals surface area contributed by atoms with Crippen LogP contribution in [0.4, 0.5) is 0 Å². The lowest BCUT2D eigenvalue weighted by Gasteiger charge is -2.33. The maximum Gasteiger partial charge on any atom is 0.268 e. The van der Waals surface area contributed by atoms with Crippen LogP contribution in [0.25, 0.3) is 10.8 Å². The molecule has 1 fully saturated rings. The monoisotopic (exact) mass is 303 g/mol. The summed E-state index contributed by atoms with van der Waals surface area (Å²) in [5.74, 6) is 1.12. The second-order valence-corrected chi connectivity index (χ2v) is 6.27. The highest BCUT2D eigenvalue weighted by atomic mass is 32.1. The number of thiophene rings is 1. The van der Waals surface area contributed by atoms with Crippen LogP contribution in [-0.4, -0.2) is 16.7 Å². The zero-order chi connectivity index (χ0) is 14.7. The third-order valence-electron chi connectivity index (χ3n) is 3.84. The van der Waals surface area contributed by atoms with Gasteiger partial charge in [-0.2, -0.15) is 10.2 Å². The van der Waals surface area contributed by atoms with Crippen molar-refractivity contribution < 1.29 is 9.26 Å². The van der Waals surface area contributed by atoms with Gasteiger partial charge in [0, 0.05) is 6.61 Å². The van der Waals surface area contributed by atoms with Gasteiger partial charge < -0.3 is 9.26 Å². The summed E-state index contributed by atoms with van der Waals surface area (Å²) in [6.07, 6.45) is 5.36. The van der Waals surface area contributed by atoms with E-state index in [0.29, 0.717) is 23.2 Å². The zero-order valence-electron chi connectivity index (χ0n) is 12.0. The van der Waals surface area contributed by atoms with Crippen LogP contribution in [0.1, 0.15) is 49.7 Å². The van der Waals surface area contributed by atoms with Gasteiger partial charge in [0.15, 0.2) is 0 Å². The molecule has 2 aromatic heterocycles. The van der Waals surface area contributed by atoms with Gasteiger partial charge in [-0.1, -0.05) is 24.4 Å². The fraction of sp³-hybridized carbons (Fsp3) is 0.533. The molecule has 5 nitrogen and oxygen atoms in total. The molecule has 0 aromatic carbocycles. The fourth-order valence-corrected chi connectivity index (χ4v) is 3.58. The summed E-state index contributed by atoms with van der Waals surface area (Å²) in [4.78, 5) is 6.01. The molecule has 0 N–H and O–H groups in total. The average Bonchev–Trinajstić information content (AvgIpc) is 3.17. The minimum absolute atomic E-state index is 0.399. The summed E-state index contributed by atoms with van der Waals surface area (Å²) in [5.41, 5.74) is -0.399. The minimum Gasteiger partial charge on any atom is -0.367 e. The Kier molecular flexibility index (Phi) is 4.04. The first-order valence-electron chi connectivity index (χ1n) is 7.26. The number of nitrogens with zero attached hydrogens (tertiary/aromatic N) is 3. The van der Waals surface area contributed by atoms with E-state index in [9.17, 15) is 0 Å². The highest BCUT2D eigenvalue weighted by molar-refractivity contribution is 7.15. The lowest BCUT2D eigenvalue weighted by Crippen LogP contribution is -2.33. The molecule has 0 radical (unpaired) electrons. The summed E-state index contributed by atoms with van der Waals surface area (Å²) in [5, 5.41) is 13.0. The first-order chi connectivity index (χ1) is 10.3. The molecule has 0 amide bonds. The van der Waals surface area contributed by atoms with Crippen molar-refractivity contribution in [3.63, 3.8) is 0 Å². The first kappa shape index (κ1) is 14.2. The van der Waals surface area contributed by atoms with Gasteiger partial charge in [-0.05, 0) is 31.9 Å². The van der Waals surface area contributed by atoms with Crippen LogP contribution in [0, 0.1) is 11.3 Å². The van der Waals surface area contributed by atoms with Crippen molar-refractivity contribution in [2.45, 2.75) is 44.6 Å². The van der Waals surface area contributed by atoms with Crippen molar-refractivity contribution in [3.8, 4) is 16.8 Å². The smallest absolute Gasteiger partial charge is 0.268 e. The lowest BCUT2D eigenvalue weighted by atomic mass is 9.84. The Morgan fingerprint density at radius 1 is 1.38 bits per heavy atom. The Labute approximate surface area is 127 Å². The molecule has 3 rings (SSSR count). The van der Waals surface area contributed by atoms with E-state index in [1.54, 1.807) is 6.07 Å². The van der Waals surface area contributed by atoms with E-state index < -0.39 is 5.60 Å². The Balaban J connectivity index is 1.90. The molecule has 0 aliphatic heterocycles. The largest absolute Gasteiger partial charge is 0.367 e. The molecular formula is C15H17N3O2S. The summed E-state index contributed by atoms with van der Waals surface area (Å²) < 4.78 is 11.4. The second kappa shape index (κ2) is 5.96. The lowest BCUT2D eigenvalue weighted by molar-refractivity contribution is -0.0777. The molecule has 1 saturated carbocycles. The highest BCUT2D eigenvalue weighted by Gasteiger charge is 2.39. The molecule has 0 saturated heterocycles. The van der Waals surface area contributed by atoms with Gasteiger partial charge in [-0.15, -0.1) is 11.3 Å². The number of hydrogen-bond donors (Lipinski definition) is 0. The number of nitriles is 1. The van der Waals surface area contributed by atoms with Crippen LogP contribution in [0.3, 0.4) is 0 Å². The van der Waals surface area contributed by atoms with Crippen LogP contribution in [-0.2, 0) is 10.3 Å². The molecule has 1 aliphatic rings. The van der Waals surface area contributed by atoms with Crippen LogP contribution < -0.4 is 0 Å². The third kappa shape index (κ3) is 2.71. The maximum absolute atomic E-state index is 8.89. The fourth-order valence-electron chi connectivity index (χ4n) is 2.85. The molecule has 2 heterocycles.